The molecular weight excluding hydrogens is 410 g/mol. The van der Waals surface area contributed by atoms with Gasteiger partial charge < -0.3 is 0 Å². The average molecular weight is 423 g/mol. The van der Waals surface area contributed by atoms with Crippen molar-refractivity contribution in [2.24, 2.45) is 5.84 Å². The molecule has 0 aliphatic rings. The van der Waals surface area contributed by atoms with Gasteiger partial charge in [-0.3, -0.25) is 11.3 Å². The molecule has 0 radical (unpaired) electrons. The molecule has 0 heterocycles. The fraction of sp³-hybridized carbons (Fsp3) is 0.143. The fourth-order valence-electron chi connectivity index (χ4n) is 1.96. The van der Waals surface area contributed by atoms with Crippen LogP contribution in [0.25, 0.3) is 0 Å². The third kappa shape index (κ3) is 3.80. The molecule has 0 spiro atoms. The van der Waals surface area contributed by atoms with E-state index in [4.69, 9.17) is 17.4 Å². The first-order valence-corrected chi connectivity index (χ1v) is 7.82. The minimum Gasteiger partial charge on any atom is -0.271 e. The zero-order valence-corrected chi connectivity index (χ0v) is 14.3. The number of nitrogens with one attached hydrogen (secondary N) is 1. The fourth-order valence-corrected chi connectivity index (χ4v) is 3.48. The van der Waals surface area contributed by atoms with Gasteiger partial charge in [0.15, 0.2) is 0 Å². The van der Waals surface area contributed by atoms with Crippen LogP contribution in [0, 0.1) is 5.82 Å². The molecule has 2 nitrogen and oxygen atoms in total. The van der Waals surface area contributed by atoms with Gasteiger partial charge in [-0.25, -0.2) is 4.39 Å². The van der Waals surface area contributed by atoms with Gasteiger partial charge in [0, 0.05) is 14.0 Å². The van der Waals surface area contributed by atoms with Gasteiger partial charge in [0.1, 0.15) is 5.82 Å². The normalized spacial score (nSPS) is 12.4. The highest BCUT2D eigenvalue weighted by Gasteiger charge is 2.16. The van der Waals surface area contributed by atoms with Crippen LogP contribution in [0.1, 0.15) is 17.2 Å². The van der Waals surface area contributed by atoms with Crippen LogP contribution < -0.4 is 11.3 Å². The average Bonchev–Trinajstić information content (AvgIpc) is 2.40. The molecule has 2 aromatic rings. The Morgan fingerprint density at radius 2 is 1.95 bits per heavy atom. The predicted octanol–water partition coefficient (Wildman–Crippen LogP) is 4.75. The number of nitrogens with two attached hydrogens (primary N) is 1. The molecule has 0 amide bonds. The van der Waals surface area contributed by atoms with Crippen molar-refractivity contribution in [2.45, 2.75) is 12.5 Å². The molecule has 2 aromatic carbocycles. The molecule has 3 N–H and O–H groups in total. The van der Waals surface area contributed by atoms with Crippen molar-refractivity contribution in [1.82, 2.24) is 5.43 Å². The van der Waals surface area contributed by atoms with Crippen LogP contribution in [0.15, 0.2) is 45.3 Å². The number of hydrogen-bond donors (Lipinski definition) is 2. The summed E-state index contributed by atoms with van der Waals surface area (Å²) in [5, 5.41) is 0.507. The number of hydrogen-bond acceptors (Lipinski definition) is 2. The standard InChI is InChI=1S/C14H12Br2ClFN2/c15-9-1-3-11(12(16)7-9)14(20-19)6-8-5-10(17)2-4-13(8)18/h1-5,7,14,20H,6,19H2. The maximum absolute atomic E-state index is 13.8. The van der Waals surface area contributed by atoms with Gasteiger partial charge in [0.25, 0.3) is 0 Å². The Morgan fingerprint density at radius 3 is 2.60 bits per heavy atom. The van der Waals surface area contributed by atoms with E-state index < -0.39 is 0 Å². The van der Waals surface area contributed by atoms with Gasteiger partial charge in [0.2, 0.25) is 0 Å². The van der Waals surface area contributed by atoms with Gasteiger partial charge in [-0.15, -0.1) is 0 Å². The van der Waals surface area contributed by atoms with E-state index in [9.17, 15) is 4.39 Å². The second kappa shape index (κ2) is 7.00. The van der Waals surface area contributed by atoms with E-state index in [1.54, 1.807) is 6.07 Å². The summed E-state index contributed by atoms with van der Waals surface area (Å²) in [7, 11) is 0. The molecule has 0 aliphatic carbocycles. The van der Waals surface area contributed by atoms with Crippen molar-refractivity contribution in [3.05, 3.63) is 67.3 Å². The molecule has 1 atom stereocenters. The van der Waals surface area contributed by atoms with Crippen molar-refractivity contribution in [2.75, 3.05) is 0 Å². The third-order valence-corrected chi connectivity index (χ3v) is 4.39. The Kier molecular flexibility index (Phi) is 5.57. The van der Waals surface area contributed by atoms with E-state index in [1.807, 2.05) is 18.2 Å². The maximum atomic E-state index is 13.8. The Morgan fingerprint density at radius 1 is 1.20 bits per heavy atom. The lowest BCUT2D eigenvalue weighted by Gasteiger charge is -2.18. The van der Waals surface area contributed by atoms with Crippen molar-refractivity contribution < 1.29 is 4.39 Å². The minimum absolute atomic E-state index is 0.217. The number of benzene rings is 2. The van der Waals surface area contributed by atoms with Crippen molar-refractivity contribution in [1.29, 1.82) is 0 Å². The summed E-state index contributed by atoms with van der Waals surface area (Å²) >= 11 is 12.8. The first kappa shape index (κ1) is 15.9. The van der Waals surface area contributed by atoms with Crippen molar-refractivity contribution >= 4 is 43.5 Å². The molecule has 20 heavy (non-hydrogen) atoms. The number of hydrazine groups is 1. The highest BCUT2D eigenvalue weighted by atomic mass is 79.9. The second-order valence-corrected chi connectivity index (χ2v) is 6.53. The van der Waals surface area contributed by atoms with Gasteiger partial charge in [-0.2, -0.15) is 0 Å². The van der Waals surface area contributed by atoms with Crippen LogP contribution in [0.3, 0.4) is 0 Å². The summed E-state index contributed by atoms with van der Waals surface area (Å²) in [6, 6.07) is 10.1. The van der Waals surface area contributed by atoms with E-state index in [0.29, 0.717) is 17.0 Å². The predicted molar refractivity (Wildman–Crippen MR) is 87.0 cm³/mol. The van der Waals surface area contributed by atoms with Crippen molar-refractivity contribution in [3.63, 3.8) is 0 Å². The first-order chi connectivity index (χ1) is 9.51. The molecule has 0 fully saturated rings. The molecule has 1 unspecified atom stereocenters. The molecule has 0 aromatic heterocycles. The van der Waals surface area contributed by atoms with E-state index in [2.05, 4.69) is 37.3 Å². The topological polar surface area (TPSA) is 38.0 Å². The zero-order valence-electron chi connectivity index (χ0n) is 10.3. The maximum Gasteiger partial charge on any atom is 0.126 e. The Bertz CT molecular complexity index is 622. The van der Waals surface area contributed by atoms with Crippen LogP contribution >= 0.6 is 43.5 Å². The summed E-state index contributed by atoms with van der Waals surface area (Å²) in [6.45, 7) is 0. The van der Waals surface area contributed by atoms with E-state index in [1.165, 1.54) is 12.1 Å². The van der Waals surface area contributed by atoms with Gasteiger partial charge >= 0.3 is 0 Å². The van der Waals surface area contributed by atoms with Crippen LogP contribution in [0.2, 0.25) is 5.02 Å². The molecule has 2 rings (SSSR count). The van der Waals surface area contributed by atoms with Crippen LogP contribution in [0.4, 0.5) is 4.39 Å². The molecule has 0 aliphatic heterocycles. The molecule has 6 heteroatoms. The Labute approximate surface area is 138 Å². The van der Waals surface area contributed by atoms with Gasteiger partial charge in [-0.1, -0.05) is 49.5 Å². The monoisotopic (exact) mass is 420 g/mol. The molecule has 0 saturated heterocycles. The summed E-state index contributed by atoms with van der Waals surface area (Å²) < 4.78 is 15.7. The summed E-state index contributed by atoms with van der Waals surface area (Å²) in [6.07, 6.45) is 0.406. The van der Waals surface area contributed by atoms with Crippen LogP contribution in [-0.2, 0) is 6.42 Å². The largest absolute Gasteiger partial charge is 0.271 e. The molecule has 0 bridgehead atoms. The Hall–Kier alpha value is -0.460. The first-order valence-electron chi connectivity index (χ1n) is 5.86. The Balaban J connectivity index is 2.31. The third-order valence-electron chi connectivity index (χ3n) is 2.97. The lowest BCUT2D eigenvalue weighted by atomic mass is 9.99. The van der Waals surface area contributed by atoms with E-state index in [0.717, 1.165) is 14.5 Å². The van der Waals surface area contributed by atoms with E-state index in [-0.39, 0.29) is 11.9 Å². The lowest BCUT2D eigenvalue weighted by molar-refractivity contribution is 0.527. The van der Waals surface area contributed by atoms with Crippen LogP contribution in [0.5, 0.6) is 0 Å². The minimum atomic E-state index is -0.289. The van der Waals surface area contributed by atoms with Gasteiger partial charge in [0.05, 0.1) is 6.04 Å². The molecular formula is C14H12Br2ClFN2. The SMILES string of the molecule is NNC(Cc1cc(Cl)ccc1F)c1ccc(Br)cc1Br. The highest BCUT2D eigenvalue weighted by molar-refractivity contribution is 9.11. The summed E-state index contributed by atoms with van der Waals surface area (Å²) in [5.74, 6) is 5.32. The number of rotatable bonds is 4. The zero-order chi connectivity index (χ0) is 14.7. The van der Waals surface area contributed by atoms with Crippen molar-refractivity contribution in [3.8, 4) is 0 Å². The molecule has 0 saturated carbocycles. The summed E-state index contributed by atoms with van der Waals surface area (Å²) in [5.41, 5.74) is 4.20. The van der Waals surface area contributed by atoms with Crippen LogP contribution in [-0.4, -0.2) is 0 Å². The number of halogens is 4. The van der Waals surface area contributed by atoms with E-state index >= 15 is 0 Å². The highest BCUT2D eigenvalue weighted by Crippen LogP contribution is 2.29. The second-order valence-electron chi connectivity index (χ2n) is 4.32. The van der Waals surface area contributed by atoms with Gasteiger partial charge in [-0.05, 0) is 47.9 Å². The quantitative estimate of drug-likeness (QED) is 0.551. The lowest BCUT2D eigenvalue weighted by Crippen LogP contribution is -2.30. The molecule has 106 valence electrons. The summed E-state index contributed by atoms with van der Waals surface area (Å²) in [4.78, 5) is 0. The smallest absolute Gasteiger partial charge is 0.126 e.